The van der Waals surface area contributed by atoms with Crippen LogP contribution in [0.5, 0.6) is 0 Å². The summed E-state index contributed by atoms with van der Waals surface area (Å²) < 4.78 is 2.82. The molecule has 3 aromatic rings. The lowest BCUT2D eigenvalue weighted by atomic mass is 10.1. The highest BCUT2D eigenvalue weighted by molar-refractivity contribution is 5.96. The topological polar surface area (TPSA) is 112 Å². The van der Waals surface area contributed by atoms with E-state index in [1.807, 2.05) is 0 Å². The van der Waals surface area contributed by atoms with E-state index in [0.29, 0.717) is 12.2 Å². The van der Waals surface area contributed by atoms with Crippen LogP contribution in [-0.2, 0) is 6.54 Å². The fraction of sp³-hybridized carbons (Fsp3) is 0.400. The van der Waals surface area contributed by atoms with Gasteiger partial charge in [-0.05, 0) is 24.6 Å². The number of amides is 1. The van der Waals surface area contributed by atoms with Crippen LogP contribution in [0.1, 0.15) is 43.0 Å². The zero-order valence-electron chi connectivity index (χ0n) is 15.9. The van der Waals surface area contributed by atoms with Crippen molar-refractivity contribution in [2.75, 3.05) is 13.2 Å². The Hall–Kier alpha value is -3.00. The molecule has 0 radical (unpaired) electrons. The molecule has 3 heterocycles. The van der Waals surface area contributed by atoms with Gasteiger partial charge in [-0.1, -0.05) is 32.3 Å². The molecule has 28 heavy (non-hydrogen) atoms. The molecule has 1 amide bonds. The number of hydrogen-bond acceptors (Lipinski definition) is 5. The van der Waals surface area contributed by atoms with E-state index >= 15 is 0 Å². The van der Waals surface area contributed by atoms with E-state index in [1.165, 1.54) is 15.0 Å². The summed E-state index contributed by atoms with van der Waals surface area (Å²) in [6.07, 6.45) is 5.74. The molecule has 0 aromatic carbocycles. The minimum Gasteiger partial charge on any atom is -0.395 e. The molecule has 0 fully saturated rings. The fourth-order valence-electron chi connectivity index (χ4n) is 3.23. The van der Waals surface area contributed by atoms with Crippen LogP contribution < -0.4 is 16.4 Å². The molecule has 148 valence electrons. The Morgan fingerprint density at radius 3 is 2.86 bits per heavy atom. The summed E-state index contributed by atoms with van der Waals surface area (Å²) in [5.74, 6) is -0.396. The summed E-state index contributed by atoms with van der Waals surface area (Å²) in [5, 5.41) is 20.9. The van der Waals surface area contributed by atoms with Gasteiger partial charge in [0, 0.05) is 19.3 Å². The minimum atomic E-state index is -0.396. The molecule has 3 N–H and O–H groups in total. The van der Waals surface area contributed by atoms with Gasteiger partial charge in [0.1, 0.15) is 16.8 Å². The molecule has 8 nitrogen and oxygen atoms in total. The summed E-state index contributed by atoms with van der Waals surface area (Å²) in [5.41, 5.74) is 0.448. The lowest BCUT2D eigenvalue weighted by Crippen LogP contribution is -2.35. The molecular weight excluding hydrogens is 358 g/mol. The van der Waals surface area contributed by atoms with E-state index in [2.05, 4.69) is 17.2 Å². The highest BCUT2D eigenvalue weighted by atomic mass is 16.3. The lowest BCUT2D eigenvalue weighted by molar-refractivity contribution is 0.0950. The maximum Gasteiger partial charge on any atom is 0.267 e. The summed E-state index contributed by atoms with van der Waals surface area (Å²) in [6.45, 7) is 2.48. The Morgan fingerprint density at radius 2 is 2.11 bits per heavy atom. The number of aliphatic hydroxyl groups is 1. The molecule has 0 bridgehead atoms. The summed E-state index contributed by atoms with van der Waals surface area (Å²) in [7, 11) is 0. The molecule has 8 heteroatoms. The predicted octanol–water partition coefficient (Wildman–Crippen LogP) is 1.43. The van der Waals surface area contributed by atoms with Gasteiger partial charge < -0.3 is 15.0 Å². The number of aromatic nitrogens is 3. The normalized spacial score (nSPS) is 11.2. The third kappa shape index (κ3) is 3.82. The van der Waals surface area contributed by atoms with Crippen molar-refractivity contribution in [2.24, 2.45) is 0 Å². The fourth-order valence-corrected chi connectivity index (χ4v) is 3.23. The number of nitrogens with zero attached hydrogens (tertiary/aromatic N) is 3. The average molecular weight is 383 g/mol. The van der Waals surface area contributed by atoms with Crippen LogP contribution in [0.25, 0.3) is 16.7 Å². The Bertz CT molecular complexity index is 1120. The van der Waals surface area contributed by atoms with Gasteiger partial charge in [-0.15, -0.1) is 0 Å². The monoisotopic (exact) mass is 383 g/mol. The predicted molar refractivity (Wildman–Crippen MR) is 106 cm³/mol. The van der Waals surface area contributed by atoms with E-state index < -0.39 is 5.91 Å². The summed E-state index contributed by atoms with van der Waals surface area (Å²) in [4.78, 5) is 30.0. The first-order valence-corrected chi connectivity index (χ1v) is 9.57. The second-order valence-electron chi connectivity index (χ2n) is 6.68. The van der Waals surface area contributed by atoms with Crippen LogP contribution >= 0.6 is 0 Å². The van der Waals surface area contributed by atoms with Gasteiger partial charge >= 0.3 is 0 Å². The first kappa shape index (κ1) is 19.8. The number of nitrogens with one attached hydrogen (secondary N) is 2. The van der Waals surface area contributed by atoms with Gasteiger partial charge in [0.15, 0.2) is 0 Å². The Balaban J connectivity index is 2.08. The number of fused-ring (bicyclic) bond motifs is 2. The molecule has 0 saturated heterocycles. The average Bonchev–Trinajstić information content (AvgIpc) is 2.70. The van der Waals surface area contributed by atoms with Crippen molar-refractivity contribution in [3.8, 4) is 0 Å². The third-order valence-electron chi connectivity index (χ3n) is 4.70. The number of pyridine rings is 2. The van der Waals surface area contributed by atoms with Crippen LogP contribution in [0.4, 0.5) is 0 Å². The number of carbonyl (C=O) groups excluding carboxylic acids is 1. The third-order valence-corrected chi connectivity index (χ3v) is 4.70. The minimum absolute atomic E-state index is 0.0696. The highest BCUT2D eigenvalue weighted by Gasteiger charge is 2.17. The summed E-state index contributed by atoms with van der Waals surface area (Å²) >= 11 is 0. The van der Waals surface area contributed by atoms with E-state index in [0.717, 1.165) is 25.7 Å². The van der Waals surface area contributed by atoms with Crippen LogP contribution in [0, 0.1) is 5.41 Å². The Kier molecular flexibility index (Phi) is 6.20. The standard InChI is InChI=1S/C20H25N5O3/c1-2-3-4-6-9-22-19(27)14-13-15-18(25(11-12-26)17(14)21)23-16-8-5-7-10-24(16)20(15)28/h5,7-8,10,13,21,26H,2-4,6,9,11-12H2,1H3,(H,22,27). The van der Waals surface area contributed by atoms with Gasteiger partial charge in [-0.3, -0.25) is 19.4 Å². The number of aliphatic hydroxyl groups excluding tert-OH is 1. The van der Waals surface area contributed by atoms with Crippen LogP contribution in [0.3, 0.4) is 0 Å². The van der Waals surface area contributed by atoms with Gasteiger partial charge in [-0.25, -0.2) is 4.98 Å². The molecule has 0 aliphatic heterocycles. The van der Waals surface area contributed by atoms with Crippen LogP contribution in [0.15, 0.2) is 35.3 Å². The number of hydrogen-bond donors (Lipinski definition) is 3. The second kappa shape index (κ2) is 8.79. The molecule has 0 atom stereocenters. The van der Waals surface area contributed by atoms with Gasteiger partial charge in [0.25, 0.3) is 11.5 Å². The van der Waals surface area contributed by atoms with Crippen molar-refractivity contribution in [1.82, 2.24) is 19.3 Å². The molecule has 0 aliphatic rings. The number of unbranched alkanes of at least 4 members (excludes halogenated alkanes) is 3. The molecule has 0 unspecified atom stereocenters. The smallest absolute Gasteiger partial charge is 0.267 e. The van der Waals surface area contributed by atoms with E-state index in [1.54, 1.807) is 24.4 Å². The molecule has 0 saturated carbocycles. The van der Waals surface area contributed by atoms with Gasteiger partial charge in [-0.2, -0.15) is 0 Å². The zero-order chi connectivity index (χ0) is 20.1. The molecule has 3 rings (SSSR count). The maximum atomic E-state index is 12.9. The first-order chi connectivity index (χ1) is 13.6. The molecule has 3 aromatic heterocycles. The van der Waals surface area contributed by atoms with Crippen LogP contribution in [-0.4, -0.2) is 38.1 Å². The van der Waals surface area contributed by atoms with Gasteiger partial charge in [0.05, 0.1) is 17.6 Å². The SMILES string of the molecule is CCCCCCNC(=O)c1cc2c(=O)n3ccccc3nc2n(CCO)c1=N. The molecule has 0 spiro atoms. The van der Waals surface area contributed by atoms with Crippen molar-refractivity contribution in [1.29, 1.82) is 5.41 Å². The second-order valence-corrected chi connectivity index (χ2v) is 6.68. The quantitative estimate of drug-likeness (QED) is 0.403. The maximum absolute atomic E-state index is 12.9. The zero-order valence-corrected chi connectivity index (χ0v) is 15.9. The molecular formula is C20H25N5O3. The molecule has 0 aliphatic carbocycles. The largest absolute Gasteiger partial charge is 0.395 e. The van der Waals surface area contributed by atoms with Gasteiger partial charge in [0.2, 0.25) is 0 Å². The highest BCUT2D eigenvalue weighted by Crippen LogP contribution is 2.10. The first-order valence-electron chi connectivity index (χ1n) is 9.57. The summed E-state index contributed by atoms with van der Waals surface area (Å²) in [6, 6.07) is 6.63. The van der Waals surface area contributed by atoms with E-state index in [9.17, 15) is 14.7 Å². The Morgan fingerprint density at radius 1 is 1.29 bits per heavy atom. The lowest BCUT2D eigenvalue weighted by Gasteiger charge is -2.14. The van der Waals surface area contributed by atoms with E-state index in [4.69, 9.17) is 5.41 Å². The van der Waals surface area contributed by atoms with Crippen molar-refractivity contribution in [3.05, 3.63) is 51.9 Å². The Labute approximate surface area is 162 Å². The number of rotatable bonds is 8. The number of carbonyl (C=O) groups is 1. The van der Waals surface area contributed by atoms with Crippen molar-refractivity contribution in [3.63, 3.8) is 0 Å². The van der Waals surface area contributed by atoms with Crippen molar-refractivity contribution < 1.29 is 9.90 Å². The van der Waals surface area contributed by atoms with Crippen molar-refractivity contribution >= 4 is 22.6 Å². The van der Waals surface area contributed by atoms with Crippen LogP contribution in [0.2, 0.25) is 0 Å². The van der Waals surface area contributed by atoms with Crippen molar-refractivity contribution in [2.45, 2.75) is 39.2 Å². The van der Waals surface area contributed by atoms with E-state index in [-0.39, 0.29) is 40.8 Å².